The second kappa shape index (κ2) is 15.9. The lowest BCUT2D eigenvalue weighted by atomic mass is 9.79. The van der Waals surface area contributed by atoms with E-state index in [1.54, 1.807) is 0 Å². The summed E-state index contributed by atoms with van der Waals surface area (Å²) < 4.78 is 0. The number of hydrogen-bond donors (Lipinski definition) is 0. The van der Waals surface area contributed by atoms with E-state index < -0.39 is 0 Å². The van der Waals surface area contributed by atoms with Gasteiger partial charge in [-0.25, -0.2) is 0 Å². The zero-order chi connectivity index (χ0) is 48.4. The summed E-state index contributed by atoms with van der Waals surface area (Å²) in [7, 11) is 0. The maximum absolute atomic E-state index is 5.12. The fourth-order valence-corrected chi connectivity index (χ4v) is 12.8. The van der Waals surface area contributed by atoms with Gasteiger partial charge in [-0.1, -0.05) is 220 Å². The highest BCUT2D eigenvalue weighted by atomic mass is 14.7. The lowest BCUT2D eigenvalue weighted by Crippen LogP contribution is -2.15. The summed E-state index contributed by atoms with van der Waals surface area (Å²) in [6.07, 6.45) is 4.23. The van der Waals surface area contributed by atoms with Crippen molar-refractivity contribution in [1.29, 1.82) is 0 Å². The first-order valence-corrected chi connectivity index (χ1v) is 25.4. The summed E-state index contributed by atoms with van der Waals surface area (Å²) in [5, 5.41) is 14.5. The lowest BCUT2D eigenvalue weighted by Gasteiger charge is -2.24. The van der Waals surface area contributed by atoms with Gasteiger partial charge >= 0.3 is 0 Å². The largest absolute Gasteiger partial charge is 0.256 e. The van der Waals surface area contributed by atoms with Crippen LogP contribution in [0.5, 0.6) is 0 Å². The van der Waals surface area contributed by atoms with Crippen molar-refractivity contribution in [3.63, 3.8) is 0 Å². The van der Waals surface area contributed by atoms with Gasteiger partial charge in [0.15, 0.2) is 0 Å². The summed E-state index contributed by atoms with van der Waals surface area (Å²) in [4.78, 5) is 10.2. The Labute approximate surface area is 423 Å². The van der Waals surface area contributed by atoms with E-state index in [2.05, 4.69) is 257 Å². The summed E-state index contributed by atoms with van der Waals surface area (Å²) in [6, 6.07) is 84.9. The third-order valence-electron chi connectivity index (χ3n) is 16.1. The molecule has 0 aliphatic heterocycles. The molecule has 0 amide bonds. The van der Waals surface area contributed by atoms with E-state index in [0.717, 1.165) is 21.8 Å². The Morgan fingerprint density at radius 3 is 1.16 bits per heavy atom. The van der Waals surface area contributed by atoms with Crippen LogP contribution in [-0.4, -0.2) is 9.97 Å². The smallest absolute Gasteiger partial charge is 0.0708 e. The Hall–Kier alpha value is -9.24. The molecule has 0 saturated heterocycles. The molecule has 2 heterocycles. The predicted molar refractivity (Wildman–Crippen MR) is 309 cm³/mol. The van der Waals surface area contributed by atoms with Crippen molar-refractivity contribution in [2.75, 3.05) is 0 Å². The highest BCUT2D eigenvalue weighted by molar-refractivity contribution is 6.30. The lowest BCUT2D eigenvalue weighted by molar-refractivity contribution is 0.661. The second-order valence-corrected chi connectivity index (χ2v) is 20.3. The molecule has 0 N–H and O–H groups in total. The highest BCUT2D eigenvalue weighted by Crippen LogP contribution is 2.54. The zero-order valence-electron chi connectivity index (χ0n) is 40.5. The molecule has 0 fully saturated rings. The topological polar surface area (TPSA) is 25.8 Å². The molecule has 1 aliphatic rings. The maximum atomic E-state index is 5.12. The third-order valence-corrected chi connectivity index (χ3v) is 16.1. The fraction of sp³-hybridized carbons (Fsp3) is 0.0423. The van der Waals surface area contributed by atoms with E-state index in [-0.39, 0.29) is 5.41 Å². The fourth-order valence-electron chi connectivity index (χ4n) is 12.8. The number of rotatable bonds is 5. The molecule has 2 heteroatoms. The molecule has 1 aliphatic carbocycles. The van der Waals surface area contributed by atoms with Crippen LogP contribution in [0.25, 0.3) is 142 Å². The number of benzene rings is 12. The summed E-state index contributed by atoms with van der Waals surface area (Å²) in [6.45, 7) is 4.81. The minimum atomic E-state index is -0.263. The average Bonchev–Trinajstić information content (AvgIpc) is 3.68. The quantitative estimate of drug-likeness (QED) is 0.127. The number of aromatic nitrogens is 2. The Balaban J connectivity index is 0.895. The van der Waals surface area contributed by atoms with Gasteiger partial charge in [0.25, 0.3) is 0 Å². The van der Waals surface area contributed by atoms with Gasteiger partial charge in [-0.2, -0.15) is 0 Å². The van der Waals surface area contributed by atoms with Gasteiger partial charge in [-0.05, 0) is 134 Å². The van der Waals surface area contributed by atoms with Crippen molar-refractivity contribution in [3.05, 3.63) is 254 Å². The molecule has 12 aromatic carbocycles. The van der Waals surface area contributed by atoms with E-state index in [0.29, 0.717) is 0 Å². The minimum absolute atomic E-state index is 0.263. The van der Waals surface area contributed by atoms with Crippen molar-refractivity contribution in [3.8, 4) is 66.8 Å². The first-order valence-electron chi connectivity index (χ1n) is 25.4. The van der Waals surface area contributed by atoms with Gasteiger partial charge in [0, 0.05) is 50.1 Å². The standard InChI is InChI=1S/C71H46N2/c1-71(2)61-39-45(33-35-50(61)51-36-34-46(40-62(51)71)65-52-25-11-12-26-53(52)66(43-19-5-3-6-20-43)69-57-29-15-17-31-63(57)72-41-59(65)69)47-37-38-56(49-24-10-9-23-48(47)49)68-55-28-14-13-27-54(55)67(44-21-7-4-8-22-44)70-58-30-16-18-32-64(58)73-42-60(68)70/h3-42H,1-2H3. The van der Waals surface area contributed by atoms with Gasteiger partial charge < -0.3 is 0 Å². The van der Waals surface area contributed by atoms with Crippen LogP contribution in [-0.2, 0) is 5.41 Å². The molecule has 0 spiro atoms. The monoisotopic (exact) mass is 926 g/mol. The molecule has 15 rings (SSSR count). The van der Waals surface area contributed by atoms with E-state index >= 15 is 0 Å². The van der Waals surface area contributed by atoms with E-state index in [9.17, 15) is 0 Å². The van der Waals surface area contributed by atoms with Crippen molar-refractivity contribution in [2.45, 2.75) is 19.3 Å². The molecule has 340 valence electrons. The first-order chi connectivity index (χ1) is 36.0. The number of pyridine rings is 2. The minimum Gasteiger partial charge on any atom is -0.256 e. The Morgan fingerprint density at radius 1 is 0.260 bits per heavy atom. The van der Waals surface area contributed by atoms with E-state index in [4.69, 9.17) is 9.97 Å². The number of para-hydroxylation sites is 2. The molecule has 0 bridgehead atoms. The molecular weight excluding hydrogens is 881 g/mol. The van der Waals surface area contributed by atoms with E-state index in [1.165, 1.54) is 132 Å². The molecular formula is C71H46N2. The highest BCUT2D eigenvalue weighted by Gasteiger charge is 2.36. The zero-order valence-corrected chi connectivity index (χ0v) is 40.5. The van der Waals surface area contributed by atoms with Gasteiger partial charge in [0.1, 0.15) is 0 Å². The number of fused-ring (bicyclic) bond motifs is 12. The molecule has 0 atom stereocenters. The Morgan fingerprint density at radius 2 is 0.630 bits per heavy atom. The molecule has 0 unspecified atom stereocenters. The van der Waals surface area contributed by atoms with Crippen molar-refractivity contribution in [1.82, 2.24) is 9.97 Å². The van der Waals surface area contributed by atoms with Crippen LogP contribution in [0.3, 0.4) is 0 Å². The van der Waals surface area contributed by atoms with E-state index in [1.807, 2.05) is 0 Å². The van der Waals surface area contributed by atoms with Crippen LogP contribution in [0, 0.1) is 0 Å². The maximum Gasteiger partial charge on any atom is 0.0708 e. The number of nitrogens with zero attached hydrogens (tertiary/aromatic N) is 2. The van der Waals surface area contributed by atoms with Crippen LogP contribution in [0.1, 0.15) is 25.0 Å². The predicted octanol–water partition coefficient (Wildman–Crippen LogP) is 19.2. The summed E-state index contributed by atoms with van der Waals surface area (Å²) >= 11 is 0. The normalized spacial score (nSPS) is 12.9. The molecule has 14 aromatic rings. The Bertz CT molecular complexity index is 4630. The SMILES string of the molecule is CC1(C)c2cc(-c3ccc(-c4c5ccccc5c(-c5ccccc5)c5c4cnc4ccccc45)c4ccccc34)ccc2-c2ccc(-c3c4ccccc4c(-c4ccccc4)c4c3cnc3ccccc34)cc21. The average molecular weight is 927 g/mol. The molecule has 0 radical (unpaired) electrons. The number of hydrogen-bond acceptors (Lipinski definition) is 2. The van der Waals surface area contributed by atoms with Crippen LogP contribution >= 0.6 is 0 Å². The first kappa shape index (κ1) is 41.5. The van der Waals surface area contributed by atoms with Gasteiger partial charge in [0.05, 0.1) is 11.0 Å². The molecule has 2 nitrogen and oxygen atoms in total. The van der Waals surface area contributed by atoms with Crippen LogP contribution in [0.4, 0.5) is 0 Å². The van der Waals surface area contributed by atoms with Crippen molar-refractivity contribution >= 4 is 75.7 Å². The van der Waals surface area contributed by atoms with Crippen LogP contribution in [0.2, 0.25) is 0 Å². The second-order valence-electron chi connectivity index (χ2n) is 20.3. The molecule has 73 heavy (non-hydrogen) atoms. The van der Waals surface area contributed by atoms with Gasteiger partial charge in [-0.15, -0.1) is 0 Å². The summed E-state index contributed by atoms with van der Waals surface area (Å²) in [5.74, 6) is 0. The third kappa shape index (κ3) is 6.11. The molecule has 2 aromatic heterocycles. The van der Waals surface area contributed by atoms with Crippen molar-refractivity contribution < 1.29 is 0 Å². The van der Waals surface area contributed by atoms with Crippen LogP contribution < -0.4 is 0 Å². The Kier molecular flexibility index (Phi) is 9.04. The van der Waals surface area contributed by atoms with Crippen molar-refractivity contribution in [2.24, 2.45) is 0 Å². The van der Waals surface area contributed by atoms with Crippen LogP contribution in [0.15, 0.2) is 243 Å². The molecule has 0 saturated carbocycles. The van der Waals surface area contributed by atoms with Gasteiger partial charge in [0.2, 0.25) is 0 Å². The summed E-state index contributed by atoms with van der Waals surface area (Å²) in [5.41, 5.74) is 19.2. The van der Waals surface area contributed by atoms with Gasteiger partial charge in [-0.3, -0.25) is 9.97 Å².